The molecule has 1 aromatic carbocycles. The highest BCUT2D eigenvalue weighted by atomic mass is 127. The third-order valence-electron chi connectivity index (χ3n) is 5.32. The van der Waals surface area contributed by atoms with Gasteiger partial charge in [-0.3, -0.25) is 9.89 Å². The number of hydrogen-bond acceptors (Lipinski definition) is 4. The Morgan fingerprint density at radius 2 is 1.93 bits per heavy atom. The molecule has 0 spiro atoms. The van der Waals surface area contributed by atoms with Crippen molar-refractivity contribution in [3.8, 4) is 5.75 Å². The zero-order chi connectivity index (χ0) is 20.5. The van der Waals surface area contributed by atoms with Crippen molar-refractivity contribution >= 4 is 29.9 Å². The van der Waals surface area contributed by atoms with Gasteiger partial charge >= 0.3 is 0 Å². The number of rotatable bonds is 9. The first-order valence-electron chi connectivity index (χ1n) is 10.5. The molecule has 2 N–H and O–H groups in total. The maximum atomic E-state index is 5.80. The molecule has 6 nitrogen and oxygen atoms in total. The van der Waals surface area contributed by atoms with Gasteiger partial charge in [-0.15, -0.1) is 24.0 Å². The lowest BCUT2D eigenvalue weighted by atomic mass is 10.1. The van der Waals surface area contributed by atoms with Crippen LogP contribution in [0.4, 0.5) is 0 Å². The van der Waals surface area contributed by atoms with Crippen molar-refractivity contribution in [2.45, 2.75) is 45.8 Å². The van der Waals surface area contributed by atoms with Gasteiger partial charge in [0.25, 0.3) is 0 Å². The predicted octanol–water partition coefficient (Wildman–Crippen LogP) is 3.03. The summed E-state index contributed by atoms with van der Waals surface area (Å²) in [6, 6.07) is 9.34. The Kier molecular flexibility index (Phi) is 11.9. The highest BCUT2D eigenvalue weighted by molar-refractivity contribution is 14.0. The zero-order valence-electron chi connectivity index (χ0n) is 18.9. The number of aliphatic imine (C=N–C) groups is 1. The van der Waals surface area contributed by atoms with Gasteiger partial charge < -0.3 is 20.3 Å². The van der Waals surface area contributed by atoms with Crippen LogP contribution < -0.4 is 15.4 Å². The maximum Gasteiger partial charge on any atom is 0.191 e. The van der Waals surface area contributed by atoms with E-state index < -0.39 is 0 Å². The number of nitrogens with zero attached hydrogens (tertiary/aromatic N) is 3. The van der Waals surface area contributed by atoms with Crippen LogP contribution in [0.5, 0.6) is 5.75 Å². The Bertz CT molecular complexity index is 606. The van der Waals surface area contributed by atoms with E-state index in [4.69, 9.17) is 4.74 Å². The van der Waals surface area contributed by atoms with Gasteiger partial charge in [-0.25, -0.2) is 0 Å². The lowest BCUT2D eigenvalue weighted by Crippen LogP contribution is -2.46. The summed E-state index contributed by atoms with van der Waals surface area (Å²) in [4.78, 5) is 9.09. The van der Waals surface area contributed by atoms with Crippen LogP contribution in [0.25, 0.3) is 0 Å². The summed E-state index contributed by atoms with van der Waals surface area (Å²) < 4.78 is 5.80. The number of guanidine groups is 1. The number of ether oxygens (including phenoxy) is 1. The molecule has 0 radical (unpaired) electrons. The Morgan fingerprint density at radius 3 is 2.48 bits per heavy atom. The van der Waals surface area contributed by atoms with Crippen molar-refractivity contribution in [1.82, 2.24) is 20.4 Å². The summed E-state index contributed by atoms with van der Waals surface area (Å²) >= 11 is 0. The largest absolute Gasteiger partial charge is 0.494 e. The molecule has 1 aliphatic rings. The van der Waals surface area contributed by atoms with Crippen molar-refractivity contribution < 1.29 is 4.74 Å². The Balaban J connectivity index is 0.00000420. The highest BCUT2D eigenvalue weighted by Gasteiger charge is 2.31. The van der Waals surface area contributed by atoms with Gasteiger partial charge in [0.05, 0.1) is 6.61 Å². The molecule has 0 amide bonds. The summed E-state index contributed by atoms with van der Waals surface area (Å²) in [6.45, 7) is 11.6. The molecule has 1 heterocycles. The summed E-state index contributed by atoms with van der Waals surface area (Å²) in [6.07, 6.45) is 1.03. The molecule has 2 unspecified atom stereocenters. The second-order valence-corrected chi connectivity index (χ2v) is 8.35. The van der Waals surface area contributed by atoms with E-state index in [9.17, 15) is 0 Å². The van der Waals surface area contributed by atoms with E-state index in [0.717, 1.165) is 50.9 Å². The minimum Gasteiger partial charge on any atom is -0.494 e. The lowest BCUT2D eigenvalue weighted by Gasteiger charge is -2.22. The number of nitrogens with one attached hydrogen (secondary N) is 2. The van der Waals surface area contributed by atoms with E-state index in [-0.39, 0.29) is 24.0 Å². The first kappa shape index (κ1) is 26.0. The first-order chi connectivity index (χ1) is 13.4. The molecule has 29 heavy (non-hydrogen) atoms. The van der Waals surface area contributed by atoms with E-state index in [1.807, 2.05) is 19.2 Å². The number of likely N-dealkylation sites (tertiary alicyclic amines) is 1. The minimum absolute atomic E-state index is 0. The monoisotopic (exact) mass is 517 g/mol. The molecule has 0 aliphatic carbocycles. The molecule has 0 aromatic heterocycles. The van der Waals surface area contributed by atoms with Crippen LogP contribution in [0.15, 0.2) is 29.3 Å². The van der Waals surface area contributed by atoms with E-state index in [1.165, 1.54) is 5.56 Å². The average Bonchev–Trinajstić information content (AvgIpc) is 3.04. The van der Waals surface area contributed by atoms with Crippen molar-refractivity contribution in [2.24, 2.45) is 10.9 Å². The zero-order valence-corrected chi connectivity index (χ0v) is 21.3. The topological polar surface area (TPSA) is 52.1 Å². The fourth-order valence-corrected chi connectivity index (χ4v) is 3.44. The Labute approximate surface area is 194 Å². The minimum atomic E-state index is 0. The summed E-state index contributed by atoms with van der Waals surface area (Å²) in [5.41, 5.74) is 1.21. The van der Waals surface area contributed by atoms with Crippen LogP contribution in [-0.4, -0.2) is 75.2 Å². The first-order valence-corrected chi connectivity index (χ1v) is 10.5. The van der Waals surface area contributed by atoms with Gasteiger partial charge in [-0.2, -0.15) is 0 Å². The predicted molar refractivity (Wildman–Crippen MR) is 134 cm³/mol. The molecular weight excluding hydrogens is 477 g/mol. The summed E-state index contributed by atoms with van der Waals surface area (Å²) in [5.74, 6) is 2.41. The van der Waals surface area contributed by atoms with Crippen molar-refractivity contribution in [1.29, 1.82) is 0 Å². The van der Waals surface area contributed by atoms with Crippen molar-refractivity contribution in [3.05, 3.63) is 29.8 Å². The number of benzene rings is 1. The number of hydrogen-bond donors (Lipinski definition) is 2. The van der Waals surface area contributed by atoms with Crippen LogP contribution in [0, 0.1) is 5.92 Å². The number of halogens is 1. The quantitative estimate of drug-likeness (QED) is 0.228. The van der Waals surface area contributed by atoms with Crippen LogP contribution >= 0.6 is 24.0 Å². The normalized spacial score (nSPS) is 20.1. The second-order valence-electron chi connectivity index (χ2n) is 8.35. The molecule has 1 fully saturated rings. The summed E-state index contributed by atoms with van der Waals surface area (Å²) in [7, 11) is 6.00. The third-order valence-corrected chi connectivity index (χ3v) is 5.32. The average molecular weight is 518 g/mol. The molecule has 1 aliphatic heterocycles. The SMILES string of the molecule is CN=C(NCc1ccc(OCCCN(C)C)cc1)NC1CN(C(C)C)CC1C.I. The van der Waals surface area contributed by atoms with Crippen LogP contribution in [0.1, 0.15) is 32.8 Å². The van der Waals surface area contributed by atoms with Crippen LogP contribution in [-0.2, 0) is 6.54 Å². The molecule has 1 saturated heterocycles. The van der Waals surface area contributed by atoms with Gasteiger partial charge in [-0.1, -0.05) is 19.1 Å². The smallest absolute Gasteiger partial charge is 0.191 e. The Morgan fingerprint density at radius 1 is 1.24 bits per heavy atom. The fourth-order valence-electron chi connectivity index (χ4n) is 3.44. The second kappa shape index (κ2) is 13.3. The third kappa shape index (κ3) is 9.09. The molecule has 7 heteroatoms. The van der Waals surface area contributed by atoms with E-state index in [2.05, 4.69) is 72.4 Å². The van der Waals surface area contributed by atoms with Crippen molar-refractivity contribution in [2.75, 3.05) is 47.4 Å². The highest BCUT2D eigenvalue weighted by Crippen LogP contribution is 2.18. The van der Waals surface area contributed by atoms with Crippen molar-refractivity contribution in [3.63, 3.8) is 0 Å². The van der Waals surface area contributed by atoms with Gasteiger partial charge in [-0.05, 0) is 58.0 Å². The van der Waals surface area contributed by atoms with Crippen LogP contribution in [0.3, 0.4) is 0 Å². The molecule has 0 saturated carbocycles. The molecule has 166 valence electrons. The summed E-state index contributed by atoms with van der Waals surface area (Å²) in [5, 5.41) is 7.03. The molecular formula is C22H40IN5O. The van der Waals surface area contributed by atoms with Gasteiger partial charge in [0.15, 0.2) is 5.96 Å². The van der Waals surface area contributed by atoms with Gasteiger partial charge in [0, 0.05) is 45.3 Å². The molecule has 1 aromatic rings. The fraction of sp³-hybridized carbons (Fsp3) is 0.682. The molecule has 2 rings (SSSR count). The molecule has 2 atom stereocenters. The molecule has 0 bridgehead atoms. The van der Waals surface area contributed by atoms with E-state index in [0.29, 0.717) is 18.0 Å². The maximum absolute atomic E-state index is 5.80. The lowest BCUT2D eigenvalue weighted by molar-refractivity contribution is 0.265. The van der Waals surface area contributed by atoms with Gasteiger partial charge in [0.1, 0.15) is 5.75 Å². The van der Waals surface area contributed by atoms with Gasteiger partial charge in [0.2, 0.25) is 0 Å². The Hall–Kier alpha value is -1.06. The van der Waals surface area contributed by atoms with E-state index >= 15 is 0 Å². The van der Waals surface area contributed by atoms with E-state index in [1.54, 1.807) is 0 Å². The van der Waals surface area contributed by atoms with Crippen LogP contribution in [0.2, 0.25) is 0 Å². The standard InChI is InChI=1S/C22H39N5O.HI/c1-17(2)27-15-18(3)21(16-27)25-22(23-4)24-14-19-8-10-20(11-9-19)28-13-7-12-26(5)6;/h8-11,17-18,21H,7,12-16H2,1-6H3,(H2,23,24,25);1H.